The van der Waals surface area contributed by atoms with E-state index in [1.54, 1.807) is 0 Å². The summed E-state index contributed by atoms with van der Waals surface area (Å²) in [4.78, 5) is 33.9. The molecule has 82 valence electrons. The molecule has 2 rings (SSSR count). The molecule has 1 aromatic heterocycles. The van der Waals surface area contributed by atoms with Crippen LogP contribution in [0.15, 0.2) is 29.2 Å². The molecule has 0 bridgehead atoms. The van der Waals surface area contributed by atoms with Crippen molar-refractivity contribution in [3.63, 3.8) is 0 Å². The van der Waals surface area contributed by atoms with Crippen molar-refractivity contribution in [3.8, 4) is 11.5 Å². The van der Waals surface area contributed by atoms with Gasteiger partial charge in [-0.1, -0.05) is 0 Å². The molecule has 0 radical (unpaired) electrons. The molecule has 2 heterocycles. The lowest BCUT2D eigenvalue weighted by molar-refractivity contribution is -0.133. The van der Waals surface area contributed by atoms with Gasteiger partial charge < -0.3 is 14.0 Å². The number of aromatic nitrogens is 1. The Kier molecular flexibility index (Phi) is 2.32. The van der Waals surface area contributed by atoms with Gasteiger partial charge in [0.05, 0.1) is 0 Å². The number of pyridine rings is 1. The number of nitrogens with zero attached hydrogens (tertiary/aromatic N) is 1. The van der Waals surface area contributed by atoms with E-state index in [1.165, 1.54) is 23.9 Å². The van der Waals surface area contributed by atoms with E-state index in [4.69, 9.17) is 9.47 Å². The second-order valence-electron chi connectivity index (χ2n) is 3.10. The van der Waals surface area contributed by atoms with Gasteiger partial charge in [-0.3, -0.25) is 4.79 Å². The van der Waals surface area contributed by atoms with Crippen LogP contribution in [-0.4, -0.2) is 16.5 Å². The van der Waals surface area contributed by atoms with Crippen molar-refractivity contribution >= 4 is 11.9 Å². The maximum atomic E-state index is 11.6. The fourth-order valence-electron chi connectivity index (χ4n) is 1.18. The fraction of sp³-hybridized carbons (Fsp3) is 0.100. The predicted octanol–water partition coefficient (Wildman–Crippen LogP) is -0.234. The van der Waals surface area contributed by atoms with Crippen LogP contribution in [0.2, 0.25) is 0 Å². The first-order chi connectivity index (χ1) is 7.58. The Balaban J connectivity index is 2.60. The first kappa shape index (κ1) is 10.2. The van der Waals surface area contributed by atoms with Crippen LogP contribution in [-0.2, 0) is 16.6 Å². The molecule has 0 saturated heterocycles. The van der Waals surface area contributed by atoms with Crippen LogP contribution in [0.3, 0.4) is 0 Å². The van der Waals surface area contributed by atoms with E-state index in [2.05, 4.69) is 0 Å². The molecule has 0 aliphatic carbocycles. The van der Waals surface area contributed by atoms with Crippen molar-refractivity contribution in [1.82, 2.24) is 4.57 Å². The van der Waals surface area contributed by atoms with E-state index < -0.39 is 17.5 Å². The number of rotatable bonds is 0. The molecule has 0 atom stereocenters. The summed E-state index contributed by atoms with van der Waals surface area (Å²) >= 11 is 0. The van der Waals surface area contributed by atoms with Crippen LogP contribution in [0, 0.1) is 0 Å². The zero-order valence-electron chi connectivity index (χ0n) is 8.30. The quantitative estimate of drug-likeness (QED) is 0.565. The lowest BCUT2D eigenvalue weighted by Crippen LogP contribution is -2.23. The van der Waals surface area contributed by atoms with E-state index in [0.717, 1.165) is 12.2 Å². The number of esters is 2. The van der Waals surface area contributed by atoms with Gasteiger partial charge in [0.2, 0.25) is 5.75 Å². The molecule has 6 heteroatoms. The zero-order chi connectivity index (χ0) is 11.7. The van der Waals surface area contributed by atoms with Gasteiger partial charge in [-0.05, 0) is 0 Å². The van der Waals surface area contributed by atoms with Crippen LogP contribution >= 0.6 is 0 Å². The van der Waals surface area contributed by atoms with E-state index in [1.807, 2.05) is 0 Å². The predicted molar refractivity (Wildman–Crippen MR) is 52.1 cm³/mol. The van der Waals surface area contributed by atoms with Crippen LogP contribution in [0.4, 0.5) is 0 Å². The summed E-state index contributed by atoms with van der Waals surface area (Å²) in [5, 5.41) is 0. The van der Waals surface area contributed by atoms with Crippen molar-refractivity contribution in [3.05, 3.63) is 34.8 Å². The highest BCUT2D eigenvalue weighted by Gasteiger charge is 2.19. The Labute approximate surface area is 89.7 Å². The standard InChI is InChI=1S/C10H7NO5/c1-11-5-4-6-9(10(11)14)16-8(13)3-2-7(12)15-6/h2-5H,1H3/b3-2-. The SMILES string of the molecule is Cn1ccc2c(c1=O)OC(=O)/C=C\C(=O)O2. The van der Waals surface area contributed by atoms with Gasteiger partial charge in [0, 0.05) is 31.5 Å². The summed E-state index contributed by atoms with van der Waals surface area (Å²) in [5.74, 6) is -1.87. The molecular formula is C10H7NO5. The molecule has 0 amide bonds. The molecule has 6 nitrogen and oxygen atoms in total. The topological polar surface area (TPSA) is 74.6 Å². The first-order valence-corrected chi connectivity index (χ1v) is 4.39. The van der Waals surface area contributed by atoms with E-state index in [9.17, 15) is 14.4 Å². The number of ether oxygens (including phenoxy) is 2. The summed E-state index contributed by atoms with van der Waals surface area (Å²) < 4.78 is 10.8. The van der Waals surface area contributed by atoms with Crippen molar-refractivity contribution in [1.29, 1.82) is 0 Å². The number of fused-ring (bicyclic) bond motifs is 1. The summed E-state index contributed by atoms with van der Waals surface area (Å²) in [6.45, 7) is 0. The molecule has 0 fully saturated rings. The van der Waals surface area contributed by atoms with E-state index in [-0.39, 0.29) is 11.5 Å². The molecule has 16 heavy (non-hydrogen) atoms. The summed E-state index contributed by atoms with van der Waals surface area (Å²) in [6.07, 6.45) is 3.24. The molecule has 0 N–H and O–H groups in total. The van der Waals surface area contributed by atoms with Gasteiger partial charge in [0.25, 0.3) is 5.56 Å². The Hall–Kier alpha value is -2.37. The van der Waals surface area contributed by atoms with Crippen molar-refractivity contribution in [2.75, 3.05) is 0 Å². The van der Waals surface area contributed by atoms with Crippen LogP contribution in [0.1, 0.15) is 0 Å². The monoisotopic (exact) mass is 221 g/mol. The third-order valence-corrected chi connectivity index (χ3v) is 1.96. The zero-order valence-corrected chi connectivity index (χ0v) is 8.30. The van der Waals surface area contributed by atoms with Gasteiger partial charge in [0.15, 0.2) is 5.75 Å². The second-order valence-corrected chi connectivity index (χ2v) is 3.10. The maximum absolute atomic E-state index is 11.6. The lowest BCUT2D eigenvalue weighted by Gasteiger charge is -2.10. The molecule has 1 aliphatic heterocycles. The van der Waals surface area contributed by atoms with Crippen LogP contribution < -0.4 is 15.0 Å². The molecule has 1 aromatic rings. The van der Waals surface area contributed by atoms with Gasteiger partial charge >= 0.3 is 11.9 Å². The fourth-order valence-corrected chi connectivity index (χ4v) is 1.18. The Morgan fingerprint density at radius 3 is 2.38 bits per heavy atom. The van der Waals surface area contributed by atoms with Crippen LogP contribution in [0.5, 0.6) is 11.5 Å². The third-order valence-electron chi connectivity index (χ3n) is 1.96. The number of hydrogen-bond donors (Lipinski definition) is 0. The van der Waals surface area contributed by atoms with Crippen molar-refractivity contribution in [2.45, 2.75) is 0 Å². The highest BCUT2D eigenvalue weighted by molar-refractivity contribution is 5.95. The number of hydrogen-bond acceptors (Lipinski definition) is 5. The minimum absolute atomic E-state index is 0.0641. The Bertz CT molecular complexity index is 555. The summed E-state index contributed by atoms with van der Waals surface area (Å²) in [5.41, 5.74) is -0.547. The third kappa shape index (κ3) is 1.72. The van der Waals surface area contributed by atoms with Gasteiger partial charge in [-0.2, -0.15) is 0 Å². The van der Waals surface area contributed by atoms with E-state index >= 15 is 0 Å². The van der Waals surface area contributed by atoms with Gasteiger partial charge in [-0.15, -0.1) is 0 Å². The van der Waals surface area contributed by atoms with Crippen LogP contribution in [0.25, 0.3) is 0 Å². The van der Waals surface area contributed by atoms with Gasteiger partial charge in [-0.25, -0.2) is 9.59 Å². The second kappa shape index (κ2) is 3.65. The summed E-state index contributed by atoms with van der Waals surface area (Å²) in [7, 11) is 1.49. The minimum atomic E-state index is -0.791. The number of carbonyl (C=O) groups is 2. The molecule has 0 unspecified atom stereocenters. The molecule has 0 aromatic carbocycles. The smallest absolute Gasteiger partial charge is 0.336 e. The minimum Gasteiger partial charge on any atom is -0.419 e. The van der Waals surface area contributed by atoms with Crippen molar-refractivity contribution in [2.24, 2.45) is 7.05 Å². The number of carbonyl (C=O) groups excluding carboxylic acids is 2. The Morgan fingerprint density at radius 2 is 1.69 bits per heavy atom. The average Bonchev–Trinajstić information content (AvgIpc) is 2.24. The Morgan fingerprint density at radius 1 is 1.06 bits per heavy atom. The van der Waals surface area contributed by atoms with Crippen molar-refractivity contribution < 1.29 is 19.1 Å². The molecule has 1 aliphatic rings. The highest BCUT2D eigenvalue weighted by atomic mass is 16.6. The first-order valence-electron chi connectivity index (χ1n) is 4.39. The summed E-state index contributed by atoms with van der Waals surface area (Å²) in [6, 6.07) is 1.38. The van der Waals surface area contributed by atoms with Gasteiger partial charge in [0.1, 0.15) is 0 Å². The molecule has 0 spiro atoms. The largest absolute Gasteiger partial charge is 0.419 e. The van der Waals surface area contributed by atoms with E-state index in [0.29, 0.717) is 0 Å². The molecular weight excluding hydrogens is 214 g/mol. The number of aryl methyl sites for hydroxylation is 1. The maximum Gasteiger partial charge on any atom is 0.336 e. The lowest BCUT2D eigenvalue weighted by atomic mass is 10.3. The molecule has 0 saturated carbocycles. The normalized spacial score (nSPS) is 16.6. The highest BCUT2D eigenvalue weighted by Crippen LogP contribution is 2.23. The average molecular weight is 221 g/mol.